The van der Waals surface area contributed by atoms with Crippen molar-refractivity contribution < 1.29 is 0 Å². The Balaban J connectivity index is 1.65. The van der Waals surface area contributed by atoms with E-state index < -0.39 is 0 Å². The molecule has 8 nitrogen and oxygen atoms in total. The highest BCUT2D eigenvalue weighted by Gasteiger charge is 2.16. The van der Waals surface area contributed by atoms with Crippen molar-refractivity contribution in [3.63, 3.8) is 0 Å². The largest absolute Gasteiger partial charge is 0.264 e. The minimum Gasteiger partial charge on any atom is -0.264 e. The first kappa shape index (κ1) is 17.0. The average Bonchev–Trinajstić information content (AvgIpc) is 3.30. The zero-order chi connectivity index (χ0) is 18.6. The third kappa shape index (κ3) is 3.89. The summed E-state index contributed by atoms with van der Waals surface area (Å²) in [7, 11) is 0. The van der Waals surface area contributed by atoms with E-state index in [0.717, 1.165) is 35.3 Å². The number of aromatic amines is 1. The topological polar surface area (TPSA) is 98.1 Å². The number of nitrogens with one attached hydrogen (secondary N) is 1. The van der Waals surface area contributed by atoms with Crippen LogP contribution in [0.1, 0.15) is 31.3 Å². The van der Waals surface area contributed by atoms with Gasteiger partial charge in [-0.15, -0.1) is 5.10 Å². The Morgan fingerprint density at radius 3 is 2.74 bits per heavy atom. The van der Waals surface area contributed by atoms with Crippen molar-refractivity contribution in [3.05, 3.63) is 66.4 Å². The lowest BCUT2D eigenvalue weighted by Gasteiger charge is -2.03. The Kier molecular flexibility index (Phi) is 4.69. The van der Waals surface area contributed by atoms with Crippen molar-refractivity contribution in [2.45, 2.75) is 26.7 Å². The maximum absolute atomic E-state index is 4.72. The average molecular weight is 360 g/mol. The van der Waals surface area contributed by atoms with Gasteiger partial charge in [-0.25, -0.2) is 15.0 Å². The molecule has 0 amide bonds. The van der Waals surface area contributed by atoms with Crippen molar-refractivity contribution in [1.82, 2.24) is 39.9 Å². The van der Waals surface area contributed by atoms with E-state index in [0.29, 0.717) is 18.2 Å². The predicted octanol–water partition coefficient (Wildman–Crippen LogP) is 2.63. The molecule has 27 heavy (non-hydrogen) atoms. The van der Waals surface area contributed by atoms with Crippen LogP contribution >= 0.6 is 0 Å². The Labute approximate surface area is 156 Å². The molecule has 0 aliphatic heterocycles. The zero-order valence-corrected chi connectivity index (χ0v) is 15.2. The third-order valence-electron chi connectivity index (χ3n) is 3.95. The van der Waals surface area contributed by atoms with Crippen molar-refractivity contribution in [1.29, 1.82) is 0 Å². The van der Waals surface area contributed by atoms with E-state index in [1.54, 1.807) is 23.3 Å². The SMILES string of the molecule is CC(C)Cc1nc(Cc2nc(-c3cccnc3)n[nH]2)n(-c2ccccn2)n1. The van der Waals surface area contributed by atoms with Crippen LogP contribution in [0, 0.1) is 5.92 Å². The Morgan fingerprint density at radius 1 is 1.07 bits per heavy atom. The summed E-state index contributed by atoms with van der Waals surface area (Å²) in [5, 5.41) is 11.9. The minimum atomic E-state index is 0.472. The van der Waals surface area contributed by atoms with Crippen LogP contribution in [0.5, 0.6) is 0 Å². The van der Waals surface area contributed by atoms with Crippen LogP contribution in [0.25, 0.3) is 17.2 Å². The first-order valence-electron chi connectivity index (χ1n) is 8.87. The first-order valence-corrected chi connectivity index (χ1v) is 8.87. The molecule has 4 rings (SSSR count). The molecule has 0 saturated heterocycles. The zero-order valence-electron chi connectivity index (χ0n) is 15.2. The van der Waals surface area contributed by atoms with Crippen molar-refractivity contribution in [2.24, 2.45) is 5.92 Å². The second kappa shape index (κ2) is 7.45. The summed E-state index contributed by atoms with van der Waals surface area (Å²) in [5.74, 6) is 4.12. The number of aromatic nitrogens is 8. The molecule has 0 radical (unpaired) electrons. The first-order chi connectivity index (χ1) is 13.2. The second-order valence-corrected chi connectivity index (χ2v) is 6.67. The number of pyridine rings is 2. The van der Waals surface area contributed by atoms with Crippen molar-refractivity contribution in [2.75, 3.05) is 0 Å². The van der Waals surface area contributed by atoms with Crippen LogP contribution in [0.4, 0.5) is 0 Å². The summed E-state index contributed by atoms with van der Waals surface area (Å²) in [6.45, 7) is 4.30. The summed E-state index contributed by atoms with van der Waals surface area (Å²) < 4.78 is 1.78. The summed E-state index contributed by atoms with van der Waals surface area (Å²) in [4.78, 5) is 17.8. The van der Waals surface area contributed by atoms with E-state index in [4.69, 9.17) is 4.98 Å². The van der Waals surface area contributed by atoms with E-state index in [9.17, 15) is 0 Å². The number of rotatable bonds is 6. The highest BCUT2D eigenvalue weighted by molar-refractivity contribution is 5.52. The van der Waals surface area contributed by atoms with Gasteiger partial charge >= 0.3 is 0 Å². The maximum Gasteiger partial charge on any atom is 0.182 e. The van der Waals surface area contributed by atoms with Crippen LogP contribution in [-0.2, 0) is 12.8 Å². The van der Waals surface area contributed by atoms with E-state index in [-0.39, 0.29) is 0 Å². The standard InChI is InChI=1S/C19H20N8/c1-13(2)10-16-22-18(27(26-16)17-7-3-4-9-21-17)11-15-23-19(25-24-15)14-6-5-8-20-12-14/h3-9,12-13H,10-11H2,1-2H3,(H,23,24,25). The Morgan fingerprint density at radius 2 is 2.00 bits per heavy atom. The molecule has 0 bridgehead atoms. The molecule has 1 N–H and O–H groups in total. The maximum atomic E-state index is 4.72. The molecule has 0 atom stereocenters. The smallest absolute Gasteiger partial charge is 0.182 e. The summed E-state index contributed by atoms with van der Waals surface area (Å²) in [6.07, 6.45) is 6.50. The van der Waals surface area contributed by atoms with Crippen LogP contribution in [0.3, 0.4) is 0 Å². The van der Waals surface area contributed by atoms with Gasteiger partial charge in [-0.2, -0.15) is 9.78 Å². The van der Waals surface area contributed by atoms with Gasteiger partial charge in [0, 0.05) is 30.6 Å². The second-order valence-electron chi connectivity index (χ2n) is 6.67. The van der Waals surface area contributed by atoms with Crippen LogP contribution < -0.4 is 0 Å². The van der Waals surface area contributed by atoms with E-state index in [1.807, 2.05) is 30.3 Å². The third-order valence-corrected chi connectivity index (χ3v) is 3.95. The molecule has 0 spiro atoms. The monoisotopic (exact) mass is 360 g/mol. The van der Waals surface area contributed by atoms with Gasteiger partial charge in [0.2, 0.25) is 0 Å². The van der Waals surface area contributed by atoms with Gasteiger partial charge in [0.25, 0.3) is 0 Å². The van der Waals surface area contributed by atoms with Gasteiger partial charge in [-0.05, 0) is 30.2 Å². The molecule has 0 saturated carbocycles. The molecule has 4 aromatic rings. The highest BCUT2D eigenvalue weighted by atomic mass is 15.4. The molecule has 0 unspecified atom stereocenters. The Hall–Kier alpha value is -3.42. The fourth-order valence-corrected chi connectivity index (χ4v) is 2.77. The molecule has 0 aliphatic rings. The van der Waals surface area contributed by atoms with Crippen molar-refractivity contribution >= 4 is 0 Å². The number of hydrogen-bond donors (Lipinski definition) is 1. The van der Waals surface area contributed by atoms with Gasteiger partial charge in [0.1, 0.15) is 11.6 Å². The fourth-order valence-electron chi connectivity index (χ4n) is 2.77. The molecule has 0 fully saturated rings. The minimum absolute atomic E-state index is 0.472. The number of H-pyrrole nitrogens is 1. The highest BCUT2D eigenvalue weighted by Crippen LogP contribution is 2.16. The van der Waals surface area contributed by atoms with Gasteiger partial charge in [0.05, 0.1) is 6.42 Å². The normalized spacial score (nSPS) is 11.2. The molecule has 8 heteroatoms. The van der Waals surface area contributed by atoms with Crippen LogP contribution in [0.15, 0.2) is 48.9 Å². The lowest BCUT2D eigenvalue weighted by Crippen LogP contribution is -2.06. The predicted molar refractivity (Wildman–Crippen MR) is 100 cm³/mol. The van der Waals surface area contributed by atoms with Gasteiger partial charge in [0.15, 0.2) is 17.5 Å². The van der Waals surface area contributed by atoms with Crippen LogP contribution in [0.2, 0.25) is 0 Å². The molecule has 4 heterocycles. The molecule has 0 aromatic carbocycles. The Bertz CT molecular complexity index is 1000. The lowest BCUT2D eigenvalue weighted by atomic mass is 10.1. The molecule has 0 aliphatic carbocycles. The lowest BCUT2D eigenvalue weighted by molar-refractivity contribution is 0.618. The summed E-state index contributed by atoms with van der Waals surface area (Å²) >= 11 is 0. The molecule has 136 valence electrons. The van der Waals surface area contributed by atoms with E-state index in [2.05, 4.69) is 44.1 Å². The number of hydrogen-bond acceptors (Lipinski definition) is 6. The quantitative estimate of drug-likeness (QED) is 0.567. The van der Waals surface area contributed by atoms with Crippen molar-refractivity contribution in [3.8, 4) is 17.2 Å². The van der Waals surface area contributed by atoms with Crippen LogP contribution in [-0.4, -0.2) is 39.9 Å². The molecular formula is C19H20N8. The molecular weight excluding hydrogens is 340 g/mol. The van der Waals surface area contributed by atoms with E-state index >= 15 is 0 Å². The summed E-state index contributed by atoms with van der Waals surface area (Å²) in [5.41, 5.74) is 0.867. The number of nitrogens with zero attached hydrogens (tertiary/aromatic N) is 7. The van der Waals surface area contributed by atoms with Gasteiger partial charge in [-0.1, -0.05) is 19.9 Å². The van der Waals surface area contributed by atoms with Gasteiger partial charge in [-0.3, -0.25) is 10.1 Å². The summed E-state index contributed by atoms with van der Waals surface area (Å²) in [6, 6.07) is 9.52. The fraction of sp³-hybridized carbons (Fsp3) is 0.263. The molecule has 4 aromatic heterocycles. The van der Waals surface area contributed by atoms with E-state index in [1.165, 1.54) is 0 Å². The van der Waals surface area contributed by atoms with Gasteiger partial charge < -0.3 is 0 Å².